The number of thioether (sulfide) groups is 1. The molecule has 0 amide bonds. The summed E-state index contributed by atoms with van der Waals surface area (Å²) in [7, 11) is 0. The molecule has 0 aliphatic carbocycles. The average molecular weight is 243 g/mol. The topological polar surface area (TPSA) is 40.5 Å². The molecule has 0 bridgehead atoms. The molecule has 3 nitrogen and oxygen atoms in total. The Morgan fingerprint density at radius 3 is 2.88 bits per heavy atom. The van der Waals surface area contributed by atoms with Crippen molar-refractivity contribution in [2.75, 3.05) is 18.1 Å². The van der Waals surface area contributed by atoms with Crippen molar-refractivity contribution >= 4 is 17.7 Å². The second-order valence-electron chi connectivity index (χ2n) is 5.56. The molecule has 0 radical (unpaired) electrons. The zero-order chi connectivity index (χ0) is 11.8. The van der Waals surface area contributed by atoms with Crippen LogP contribution in [0, 0.1) is 5.41 Å². The molecule has 4 heteroatoms. The van der Waals surface area contributed by atoms with E-state index in [1.54, 1.807) is 0 Å². The molecule has 16 heavy (non-hydrogen) atoms. The Morgan fingerprint density at radius 2 is 2.25 bits per heavy atom. The smallest absolute Gasteiger partial charge is 0.320 e. The summed E-state index contributed by atoms with van der Waals surface area (Å²) < 4.78 is 0. The van der Waals surface area contributed by atoms with Gasteiger partial charge in [-0.3, -0.25) is 9.69 Å². The van der Waals surface area contributed by atoms with Crippen molar-refractivity contribution < 1.29 is 9.90 Å². The van der Waals surface area contributed by atoms with Gasteiger partial charge in [0.05, 0.1) is 0 Å². The van der Waals surface area contributed by atoms with Gasteiger partial charge in [-0.15, -0.1) is 0 Å². The molecule has 2 saturated heterocycles. The predicted octanol–water partition coefficient (Wildman–Crippen LogP) is 2.07. The second kappa shape index (κ2) is 4.57. The van der Waals surface area contributed by atoms with E-state index in [9.17, 15) is 9.90 Å². The van der Waals surface area contributed by atoms with Crippen LogP contribution in [-0.4, -0.2) is 46.1 Å². The van der Waals surface area contributed by atoms with Crippen LogP contribution in [-0.2, 0) is 4.79 Å². The molecule has 2 aliphatic heterocycles. The second-order valence-corrected chi connectivity index (χ2v) is 6.71. The number of hydrogen-bond acceptors (Lipinski definition) is 3. The maximum Gasteiger partial charge on any atom is 0.320 e. The van der Waals surface area contributed by atoms with E-state index in [0.29, 0.717) is 6.04 Å². The molecular weight excluding hydrogens is 222 g/mol. The van der Waals surface area contributed by atoms with E-state index in [0.717, 1.165) is 25.1 Å². The van der Waals surface area contributed by atoms with Crippen LogP contribution in [0.1, 0.15) is 33.1 Å². The zero-order valence-electron chi connectivity index (χ0n) is 10.1. The Labute approximate surface area is 102 Å². The van der Waals surface area contributed by atoms with Crippen LogP contribution < -0.4 is 0 Å². The van der Waals surface area contributed by atoms with E-state index in [1.165, 1.54) is 12.2 Å². The molecule has 0 aromatic heterocycles. The van der Waals surface area contributed by atoms with Crippen LogP contribution in [0.15, 0.2) is 0 Å². The standard InChI is InChI=1S/C12H21NO2S/c1-12(2)5-7-16-8-10(12)13-6-3-4-9(13)11(14)15/h9-10H,3-8H2,1-2H3,(H,14,15). The van der Waals surface area contributed by atoms with Crippen LogP contribution in [0.4, 0.5) is 0 Å². The van der Waals surface area contributed by atoms with Gasteiger partial charge in [0.15, 0.2) is 0 Å². The predicted molar refractivity (Wildman–Crippen MR) is 66.9 cm³/mol. The molecule has 2 atom stereocenters. The Bertz CT molecular complexity index is 280. The van der Waals surface area contributed by atoms with Crippen LogP contribution in [0.5, 0.6) is 0 Å². The molecule has 1 N–H and O–H groups in total. The fourth-order valence-corrected chi connectivity index (χ4v) is 4.60. The van der Waals surface area contributed by atoms with Crippen LogP contribution in [0.25, 0.3) is 0 Å². The molecule has 0 aromatic rings. The lowest BCUT2D eigenvalue weighted by atomic mass is 9.81. The van der Waals surface area contributed by atoms with Gasteiger partial charge in [-0.2, -0.15) is 11.8 Å². The molecule has 0 saturated carbocycles. The van der Waals surface area contributed by atoms with E-state index < -0.39 is 5.97 Å². The third kappa shape index (κ3) is 2.23. The lowest BCUT2D eigenvalue weighted by Gasteiger charge is -2.45. The van der Waals surface area contributed by atoms with E-state index in [-0.39, 0.29) is 11.5 Å². The van der Waals surface area contributed by atoms with Crippen LogP contribution >= 0.6 is 11.8 Å². The summed E-state index contributed by atoms with van der Waals surface area (Å²) in [6, 6.07) is 0.206. The Balaban J connectivity index is 2.13. The van der Waals surface area contributed by atoms with E-state index in [4.69, 9.17) is 0 Å². The first-order valence-electron chi connectivity index (χ1n) is 6.09. The Hall–Kier alpha value is -0.220. The number of carboxylic acid groups (broad SMARTS) is 1. The minimum absolute atomic E-state index is 0.233. The molecule has 0 aromatic carbocycles. The molecule has 2 heterocycles. The molecule has 2 rings (SSSR count). The average Bonchev–Trinajstić information content (AvgIpc) is 2.65. The highest BCUT2D eigenvalue weighted by Crippen LogP contribution is 2.39. The van der Waals surface area contributed by atoms with Crippen molar-refractivity contribution in [1.29, 1.82) is 0 Å². The zero-order valence-corrected chi connectivity index (χ0v) is 10.9. The SMILES string of the molecule is CC1(C)CCSCC1N1CCCC1C(=O)O. The van der Waals surface area contributed by atoms with Crippen molar-refractivity contribution in [3.63, 3.8) is 0 Å². The normalized spacial score (nSPS) is 35.1. The van der Waals surface area contributed by atoms with Gasteiger partial charge in [0.2, 0.25) is 0 Å². The van der Waals surface area contributed by atoms with Gasteiger partial charge < -0.3 is 5.11 Å². The Morgan fingerprint density at radius 1 is 1.50 bits per heavy atom. The van der Waals surface area contributed by atoms with E-state index in [2.05, 4.69) is 18.7 Å². The lowest BCUT2D eigenvalue weighted by Crippen LogP contribution is -2.53. The summed E-state index contributed by atoms with van der Waals surface area (Å²) in [5.74, 6) is 1.68. The fourth-order valence-electron chi connectivity index (χ4n) is 2.89. The summed E-state index contributed by atoms with van der Waals surface area (Å²) >= 11 is 1.97. The minimum Gasteiger partial charge on any atom is -0.480 e. The summed E-state index contributed by atoms with van der Waals surface area (Å²) in [6.07, 6.45) is 3.06. The van der Waals surface area contributed by atoms with Crippen molar-refractivity contribution in [3.05, 3.63) is 0 Å². The molecule has 2 fully saturated rings. The Kier molecular flexibility index (Phi) is 3.50. The maximum atomic E-state index is 11.2. The number of carboxylic acids is 1. The van der Waals surface area contributed by atoms with Crippen molar-refractivity contribution in [2.24, 2.45) is 5.41 Å². The molecule has 2 aliphatic rings. The lowest BCUT2D eigenvalue weighted by molar-refractivity contribution is -0.143. The van der Waals surface area contributed by atoms with Crippen molar-refractivity contribution in [2.45, 2.75) is 45.2 Å². The molecular formula is C12H21NO2S. The summed E-state index contributed by atoms with van der Waals surface area (Å²) in [5.41, 5.74) is 0.267. The third-order valence-corrected chi connectivity index (χ3v) is 5.09. The first kappa shape index (κ1) is 12.2. The molecule has 0 spiro atoms. The minimum atomic E-state index is -0.635. The summed E-state index contributed by atoms with van der Waals surface area (Å²) in [6.45, 7) is 5.54. The summed E-state index contributed by atoms with van der Waals surface area (Å²) in [4.78, 5) is 13.5. The maximum absolute atomic E-state index is 11.2. The van der Waals surface area contributed by atoms with Crippen LogP contribution in [0.2, 0.25) is 0 Å². The largest absolute Gasteiger partial charge is 0.480 e. The number of aliphatic carboxylic acids is 1. The first-order chi connectivity index (χ1) is 7.52. The van der Waals surface area contributed by atoms with Gasteiger partial charge in [-0.05, 0) is 37.0 Å². The van der Waals surface area contributed by atoms with Gasteiger partial charge in [0.1, 0.15) is 6.04 Å². The van der Waals surface area contributed by atoms with Gasteiger partial charge in [-0.1, -0.05) is 13.8 Å². The van der Waals surface area contributed by atoms with Crippen LogP contribution in [0.3, 0.4) is 0 Å². The van der Waals surface area contributed by atoms with Gasteiger partial charge >= 0.3 is 5.97 Å². The number of nitrogens with zero attached hydrogens (tertiary/aromatic N) is 1. The first-order valence-corrected chi connectivity index (χ1v) is 7.24. The highest BCUT2D eigenvalue weighted by atomic mass is 32.2. The third-order valence-electron chi connectivity index (χ3n) is 4.05. The monoisotopic (exact) mass is 243 g/mol. The number of carbonyl (C=O) groups is 1. The highest BCUT2D eigenvalue weighted by molar-refractivity contribution is 7.99. The number of hydrogen-bond donors (Lipinski definition) is 1. The van der Waals surface area contributed by atoms with Gasteiger partial charge in [0.25, 0.3) is 0 Å². The van der Waals surface area contributed by atoms with Gasteiger partial charge in [-0.25, -0.2) is 0 Å². The van der Waals surface area contributed by atoms with Crippen molar-refractivity contribution in [3.8, 4) is 0 Å². The highest BCUT2D eigenvalue weighted by Gasteiger charge is 2.43. The van der Waals surface area contributed by atoms with E-state index in [1.807, 2.05) is 11.8 Å². The number of likely N-dealkylation sites (tertiary alicyclic amines) is 1. The number of rotatable bonds is 2. The van der Waals surface area contributed by atoms with Crippen molar-refractivity contribution in [1.82, 2.24) is 4.90 Å². The quantitative estimate of drug-likeness (QED) is 0.806. The van der Waals surface area contributed by atoms with E-state index >= 15 is 0 Å². The molecule has 2 unspecified atom stereocenters. The summed E-state index contributed by atoms with van der Waals surface area (Å²) in [5, 5.41) is 9.24. The van der Waals surface area contributed by atoms with Gasteiger partial charge in [0, 0.05) is 11.8 Å². The fraction of sp³-hybridized carbons (Fsp3) is 0.917. The molecule has 92 valence electrons.